The van der Waals surface area contributed by atoms with Gasteiger partial charge in [-0.15, -0.1) is 0 Å². The van der Waals surface area contributed by atoms with Crippen LogP contribution in [0.1, 0.15) is 29.0 Å². The predicted octanol–water partition coefficient (Wildman–Crippen LogP) is 2.75. The second-order valence-corrected chi connectivity index (χ2v) is 8.10. The maximum atomic E-state index is 13.1. The molecule has 0 saturated heterocycles. The van der Waals surface area contributed by atoms with Gasteiger partial charge in [0.25, 0.3) is 5.56 Å². The maximum absolute atomic E-state index is 13.1. The molecule has 9 heteroatoms. The number of nitrogens with zero attached hydrogens (tertiary/aromatic N) is 2. The van der Waals surface area contributed by atoms with E-state index in [4.69, 9.17) is 0 Å². The molecule has 1 atom stereocenters. The third kappa shape index (κ3) is 4.42. The number of pyridine rings is 1. The van der Waals surface area contributed by atoms with Gasteiger partial charge in [0.2, 0.25) is 11.8 Å². The van der Waals surface area contributed by atoms with Crippen molar-refractivity contribution >= 4 is 22.9 Å². The highest BCUT2D eigenvalue weighted by atomic mass is 32.1. The van der Waals surface area contributed by atoms with Crippen molar-refractivity contribution in [3.05, 3.63) is 86.5 Å². The number of aromatic hydroxyl groups is 3. The number of phenols is 2. The highest BCUT2D eigenvalue weighted by Gasteiger charge is 2.26. The van der Waals surface area contributed by atoms with E-state index in [9.17, 15) is 24.9 Å². The van der Waals surface area contributed by atoms with E-state index in [-0.39, 0.29) is 35.3 Å². The Morgan fingerprint density at radius 2 is 1.97 bits per heavy atom. The molecule has 0 saturated carbocycles. The van der Waals surface area contributed by atoms with E-state index >= 15 is 0 Å². The van der Waals surface area contributed by atoms with Gasteiger partial charge in [-0.25, -0.2) is 0 Å². The third-order valence-corrected chi connectivity index (χ3v) is 5.91. The summed E-state index contributed by atoms with van der Waals surface area (Å²) in [7, 11) is 0. The molecule has 8 nitrogen and oxygen atoms in total. The topological polar surface area (TPSA) is 124 Å². The number of carbonyl (C=O) groups excluding carboxylic acids is 1. The molecule has 1 aromatic carbocycles. The van der Waals surface area contributed by atoms with Crippen LogP contribution in [-0.2, 0) is 11.2 Å². The molecule has 3 aromatic heterocycles. The minimum absolute atomic E-state index is 0.0407. The second kappa shape index (κ2) is 9.11. The predicted molar refractivity (Wildman–Crippen MR) is 120 cm³/mol. The number of hydrogen-bond acceptors (Lipinski definition) is 7. The molecule has 4 rings (SSSR count). The quantitative estimate of drug-likeness (QED) is 0.320. The fourth-order valence-electron chi connectivity index (χ4n) is 3.58. The Balaban J connectivity index is 1.55. The first-order chi connectivity index (χ1) is 15.4. The Morgan fingerprint density at radius 1 is 1.12 bits per heavy atom. The summed E-state index contributed by atoms with van der Waals surface area (Å²) in [5.41, 5.74) is 1.48. The maximum Gasteiger partial charge on any atom is 0.265 e. The first-order valence-electron chi connectivity index (χ1n) is 9.94. The summed E-state index contributed by atoms with van der Waals surface area (Å²) in [6.45, 7) is 0.306. The second-order valence-electron chi connectivity index (χ2n) is 7.32. The Labute approximate surface area is 187 Å². The molecule has 0 fully saturated rings. The molecule has 3 heterocycles. The van der Waals surface area contributed by atoms with Crippen molar-refractivity contribution in [1.82, 2.24) is 14.7 Å². The van der Waals surface area contributed by atoms with Crippen LogP contribution in [0.25, 0.3) is 5.65 Å². The highest BCUT2D eigenvalue weighted by molar-refractivity contribution is 7.08. The van der Waals surface area contributed by atoms with Gasteiger partial charge in [-0.3, -0.25) is 14.0 Å². The van der Waals surface area contributed by atoms with E-state index in [0.29, 0.717) is 18.6 Å². The number of aromatic nitrogens is 2. The first kappa shape index (κ1) is 21.4. The Bertz CT molecular complexity index is 1320. The van der Waals surface area contributed by atoms with Crippen LogP contribution in [0, 0.1) is 0 Å². The van der Waals surface area contributed by atoms with E-state index in [2.05, 4.69) is 10.3 Å². The minimum atomic E-state index is -0.656. The lowest BCUT2D eigenvalue weighted by atomic mass is 9.91. The lowest BCUT2D eigenvalue weighted by Gasteiger charge is -2.17. The molecule has 0 aliphatic heterocycles. The van der Waals surface area contributed by atoms with Crippen LogP contribution in [0.15, 0.2) is 64.2 Å². The summed E-state index contributed by atoms with van der Waals surface area (Å²) in [5.74, 6) is -1.75. The normalized spacial score (nSPS) is 12.0. The molecule has 0 radical (unpaired) electrons. The summed E-state index contributed by atoms with van der Waals surface area (Å²) in [5, 5.41) is 36.0. The largest absolute Gasteiger partial charge is 0.504 e. The van der Waals surface area contributed by atoms with Crippen LogP contribution in [0.2, 0.25) is 0 Å². The average Bonchev–Trinajstić information content (AvgIpc) is 3.30. The molecule has 32 heavy (non-hydrogen) atoms. The molecule has 1 amide bonds. The average molecular weight is 452 g/mol. The van der Waals surface area contributed by atoms with Gasteiger partial charge in [-0.1, -0.05) is 12.1 Å². The van der Waals surface area contributed by atoms with Crippen molar-refractivity contribution in [2.75, 3.05) is 6.54 Å². The van der Waals surface area contributed by atoms with E-state index in [1.807, 2.05) is 16.8 Å². The summed E-state index contributed by atoms with van der Waals surface area (Å²) in [4.78, 5) is 30.0. The van der Waals surface area contributed by atoms with Gasteiger partial charge in [-0.05, 0) is 58.6 Å². The number of benzene rings is 1. The van der Waals surface area contributed by atoms with Crippen molar-refractivity contribution in [2.45, 2.75) is 18.8 Å². The van der Waals surface area contributed by atoms with E-state index in [1.165, 1.54) is 27.9 Å². The molecule has 0 spiro atoms. The van der Waals surface area contributed by atoms with Crippen LogP contribution >= 0.6 is 11.3 Å². The Morgan fingerprint density at radius 3 is 2.72 bits per heavy atom. The lowest BCUT2D eigenvalue weighted by Crippen LogP contribution is -2.30. The van der Waals surface area contributed by atoms with Gasteiger partial charge in [0, 0.05) is 25.1 Å². The smallest absolute Gasteiger partial charge is 0.265 e. The zero-order chi connectivity index (χ0) is 22.7. The van der Waals surface area contributed by atoms with Crippen molar-refractivity contribution in [3.63, 3.8) is 0 Å². The zero-order valence-corrected chi connectivity index (χ0v) is 17.7. The fourth-order valence-corrected chi connectivity index (χ4v) is 4.30. The molecule has 4 N–H and O–H groups in total. The SMILES string of the molecule is O=C(C[C@H](c1ccsc1)c1c(O)nc2ccccn2c1=O)NCCc1ccc(O)c(O)c1. The number of phenolic OH excluding ortho intramolecular Hbond substituents is 2. The molecular weight excluding hydrogens is 430 g/mol. The van der Waals surface area contributed by atoms with E-state index in [0.717, 1.165) is 11.1 Å². The van der Waals surface area contributed by atoms with Crippen LogP contribution in [0.4, 0.5) is 0 Å². The van der Waals surface area contributed by atoms with Gasteiger partial charge in [0.05, 0.1) is 5.56 Å². The van der Waals surface area contributed by atoms with Gasteiger partial charge < -0.3 is 20.6 Å². The number of fused-ring (bicyclic) bond motifs is 1. The van der Waals surface area contributed by atoms with Crippen LogP contribution in [0.3, 0.4) is 0 Å². The van der Waals surface area contributed by atoms with E-state index in [1.54, 1.807) is 30.5 Å². The molecule has 4 aromatic rings. The monoisotopic (exact) mass is 451 g/mol. The summed E-state index contributed by atoms with van der Waals surface area (Å²) >= 11 is 1.44. The third-order valence-electron chi connectivity index (χ3n) is 5.21. The molecular formula is C23H21N3O5S. The molecule has 0 unspecified atom stereocenters. The van der Waals surface area contributed by atoms with Crippen molar-refractivity contribution < 1.29 is 20.1 Å². The molecule has 164 valence electrons. The summed E-state index contributed by atoms with van der Waals surface area (Å²) in [6, 6.07) is 11.4. The summed E-state index contributed by atoms with van der Waals surface area (Å²) in [6.07, 6.45) is 1.99. The summed E-state index contributed by atoms with van der Waals surface area (Å²) < 4.78 is 1.35. The van der Waals surface area contributed by atoms with Crippen LogP contribution < -0.4 is 10.9 Å². The first-order valence-corrected chi connectivity index (χ1v) is 10.9. The fraction of sp³-hybridized carbons (Fsp3) is 0.174. The van der Waals surface area contributed by atoms with Gasteiger partial charge in [0.1, 0.15) is 5.65 Å². The van der Waals surface area contributed by atoms with E-state index < -0.39 is 11.5 Å². The number of nitrogens with one attached hydrogen (secondary N) is 1. The van der Waals surface area contributed by atoms with Gasteiger partial charge >= 0.3 is 0 Å². The Hall–Kier alpha value is -3.85. The molecule has 0 aliphatic rings. The van der Waals surface area contributed by atoms with Gasteiger partial charge in [0.15, 0.2) is 11.5 Å². The standard InChI is InChI=1S/C23H21N3O5S/c27-17-5-4-14(11-18(17)28)6-8-24-20(29)12-16(15-7-10-32-13-15)21-22(30)25-19-3-1-2-9-26(19)23(21)31/h1-5,7,9-11,13,16,27-28,30H,6,8,12H2,(H,24,29)/t16-/m1/s1. The Kier molecular flexibility index (Phi) is 6.09. The minimum Gasteiger partial charge on any atom is -0.504 e. The van der Waals surface area contributed by atoms with Crippen LogP contribution in [0.5, 0.6) is 17.4 Å². The lowest BCUT2D eigenvalue weighted by molar-refractivity contribution is -0.121. The van der Waals surface area contributed by atoms with Crippen molar-refractivity contribution in [2.24, 2.45) is 0 Å². The van der Waals surface area contributed by atoms with Crippen molar-refractivity contribution in [3.8, 4) is 17.4 Å². The number of rotatable bonds is 7. The highest BCUT2D eigenvalue weighted by Crippen LogP contribution is 2.32. The molecule has 0 bridgehead atoms. The number of thiophene rings is 1. The number of amides is 1. The number of hydrogen-bond donors (Lipinski definition) is 4. The van der Waals surface area contributed by atoms with Crippen molar-refractivity contribution in [1.29, 1.82) is 0 Å². The number of carbonyl (C=O) groups is 1. The molecule has 0 aliphatic carbocycles. The van der Waals surface area contributed by atoms with Gasteiger partial charge in [-0.2, -0.15) is 16.3 Å². The van der Waals surface area contributed by atoms with Crippen LogP contribution in [-0.4, -0.2) is 37.2 Å². The zero-order valence-electron chi connectivity index (χ0n) is 16.9.